The van der Waals surface area contributed by atoms with Crippen LogP contribution in [0.5, 0.6) is 0 Å². The Bertz CT molecular complexity index is 888. The molecule has 1 saturated heterocycles. The van der Waals surface area contributed by atoms with Gasteiger partial charge in [0.1, 0.15) is 5.76 Å². The number of alkyl halides is 3. The number of nitrogens with zero attached hydrogens (tertiary/aromatic N) is 4. The van der Waals surface area contributed by atoms with Gasteiger partial charge in [-0.05, 0) is 51.0 Å². The van der Waals surface area contributed by atoms with Crippen LogP contribution in [0.4, 0.5) is 13.2 Å². The molecule has 0 amide bonds. The highest BCUT2D eigenvalue weighted by Gasteiger charge is 2.38. The van der Waals surface area contributed by atoms with E-state index in [9.17, 15) is 13.2 Å². The first-order chi connectivity index (χ1) is 15.0. The zero-order chi connectivity index (χ0) is 23.5. The van der Waals surface area contributed by atoms with Crippen LogP contribution in [0.15, 0.2) is 16.9 Å². The van der Waals surface area contributed by atoms with E-state index in [1.165, 1.54) is 24.0 Å². The maximum Gasteiger partial charge on any atom is 0.490 e. The monoisotopic (exact) mass is 458 g/mol. The molecular formula is C21H29F3N4O4. The van der Waals surface area contributed by atoms with Gasteiger partial charge in [0.25, 0.3) is 0 Å². The predicted octanol–water partition coefficient (Wildman–Crippen LogP) is 3.27. The van der Waals surface area contributed by atoms with E-state index < -0.39 is 12.1 Å². The number of hydrogen-bond acceptors (Lipinski definition) is 6. The fraction of sp³-hybridized carbons (Fsp3) is 0.667. The number of aryl methyl sites for hydroxylation is 3. The molecule has 0 aromatic carbocycles. The lowest BCUT2D eigenvalue weighted by atomic mass is 10.0. The third-order valence-electron chi connectivity index (χ3n) is 5.83. The molecule has 1 saturated carbocycles. The van der Waals surface area contributed by atoms with E-state index in [1.54, 1.807) is 0 Å². The first-order valence-corrected chi connectivity index (χ1v) is 10.6. The van der Waals surface area contributed by atoms with Crippen LogP contribution in [0.3, 0.4) is 0 Å². The Morgan fingerprint density at radius 2 is 2.00 bits per heavy atom. The average molecular weight is 458 g/mol. The van der Waals surface area contributed by atoms with Crippen LogP contribution >= 0.6 is 0 Å². The summed E-state index contributed by atoms with van der Waals surface area (Å²) in [5.41, 5.74) is 3.50. The molecule has 1 aliphatic heterocycles. The van der Waals surface area contributed by atoms with Crippen molar-refractivity contribution < 1.29 is 32.3 Å². The van der Waals surface area contributed by atoms with Crippen molar-refractivity contribution in [2.24, 2.45) is 13.0 Å². The minimum absolute atomic E-state index is 0.307. The SMILES string of the molecule is Cc1noc(C)c1CN1CC[C@H](OCC2CC2)[C@@H]1Cc1cnn(C)c1.O=C(O)C(F)(F)F. The number of aromatic nitrogens is 3. The van der Waals surface area contributed by atoms with E-state index in [-0.39, 0.29) is 0 Å². The van der Waals surface area contributed by atoms with Crippen molar-refractivity contribution in [3.05, 3.63) is 35.0 Å². The lowest BCUT2D eigenvalue weighted by molar-refractivity contribution is -0.192. The van der Waals surface area contributed by atoms with Crippen molar-refractivity contribution in [2.75, 3.05) is 13.2 Å². The van der Waals surface area contributed by atoms with Gasteiger partial charge in [0.15, 0.2) is 0 Å². The number of carbonyl (C=O) groups is 1. The van der Waals surface area contributed by atoms with Gasteiger partial charge < -0.3 is 14.4 Å². The van der Waals surface area contributed by atoms with Crippen molar-refractivity contribution in [3.63, 3.8) is 0 Å². The van der Waals surface area contributed by atoms with Gasteiger partial charge in [-0.2, -0.15) is 18.3 Å². The van der Waals surface area contributed by atoms with Gasteiger partial charge in [0.2, 0.25) is 0 Å². The Kier molecular flexibility index (Phi) is 7.60. The number of hydrogen-bond donors (Lipinski definition) is 1. The molecule has 0 bridgehead atoms. The molecule has 3 heterocycles. The summed E-state index contributed by atoms with van der Waals surface area (Å²) < 4.78 is 45.3. The van der Waals surface area contributed by atoms with Crippen molar-refractivity contribution in [3.8, 4) is 0 Å². The van der Waals surface area contributed by atoms with Crippen LogP contribution in [0.25, 0.3) is 0 Å². The lowest BCUT2D eigenvalue weighted by Gasteiger charge is -2.28. The summed E-state index contributed by atoms with van der Waals surface area (Å²) in [6, 6.07) is 0.386. The summed E-state index contributed by atoms with van der Waals surface area (Å²) in [7, 11) is 1.97. The molecule has 1 aliphatic carbocycles. The minimum atomic E-state index is -5.08. The largest absolute Gasteiger partial charge is 0.490 e. The molecule has 11 heteroatoms. The van der Waals surface area contributed by atoms with E-state index in [2.05, 4.69) is 21.4 Å². The molecule has 2 atom stereocenters. The fourth-order valence-electron chi connectivity index (χ4n) is 3.83. The average Bonchev–Trinajstić information content (AvgIpc) is 3.23. The predicted molar refractivity (Wildman–Crippen MR) is 108 cm³/mol. The highest BCUT2D eigenvalue weighted by atomic mass is 19.4. The molecule has 8 nitrogen and oxygen atoms in total. The van der Waals surface area contributed by atoms with E-state index in [4.69, 9.17) is 19.2 Å². The van der Waals surface area contributed by atoms with Gasteiger partial charge >= 0.3 is 12.1 Å². The number of ether oxygens (including phenoxy) is 1. The second-order valence-electron chi connectivity index (χ2n) is 8.47. The van der Waals surface area contributed by atoms with Crippen LogP contribution in [-0.4, -0.2) is 62.4 Å². The molecular weight excluding hydrogens is 429 g/mol. The Balaban J connectivity index is 0.000000360. The Morgan fingerprint density at radius 3 is 2.50 bits per heavy atom. The van der Waals surface area contributed by atoms with E-state index in [0.717, 1.165) is 49.9 Å². The van der Waals surface area contributed by atoms with Gasteiger partial charge in [-0.25, -0.2) is 4.79 Å². The molecule has 178 valence electrons. The summed E-state index contributed by atoms with van der Waals surface area (Å²) in [6.07, 6.45) is 4.06. The highest BCUT2D eigenvalue weighted by molar-refractivity contribution is 5.73. The minimum Gasteiger partial charge on any atom is -0.475 e. The molecule has 2 aromatic rings. The fourth-order valence-corrected chi connectivity index (χ4v) is 3.83. The molecule has 0 spiro atoms. The molecule has 0 unspecified atom stereocenters. The standard InChI is InChI=1S/C19H28N4O2.C2HF3O2/c1-13-17(14(2)25-21-13)11-23-7-6-19(24-12-15-4-5-15)18(23)8-16-9-20-22(3)10-16;3-2(4,5)1(6)7/h9-10,15,18-19H,4-8,11-12H2,1-3H3;(H,6,7)/t18-,19-;/m0./s1. The molecule has 2 aromatic heterocycles. The molecule has 2 aliphatic rings. The van der Waals surface area contributed by atoms with Gasteiger partial charge in [-0.15, -0.1) is 0 Å². The van der Waals surface area contributed by atoms with Crippen molar-refractivity contribution in [1.29, 1.82) is 0 Å². The van der Waals surface area contributed by atoms with Gasteiger partial charge in [-0.3, -0.25) is 9.58 Å². The molecule has 1 N–H and O–H groups in total. The topological polar surface area (TPSA) is 93.6 Å². The Hall–Kier alpha value is -2.40. The summed E-state index contributed by atoms with van der Waals surface area (Å²) in [4.78, 5) is 11.4. The number of carboxylic acid groups (broad SMARTS) is 1. The van der Waals surface area contributed by atoms with Gasteiger partial charge in [-0.1, -0.05) is 5.16 Å². The second-order valence-corrected chi connectivity index (χ2v) is 8.47. The van der Waals surface area contributed by atoms with E-state index in [1.807, 2.05) is 31.8 Å². The first kappa shape index (κ1) is 24.2. The number of rotatable bonds is 7. The number of likely N-dealkylation sites (tertiary alicyclic amines) is 1. The van der Waals surface area contributed by atoms with Crippen molar-refractivity contribution in [2.45, 2.75) is 64.4 Å². The zero-order valence-electron chi connectivity index (χ0n) is 18.4. The van der Waals surface area contributed by atoms with Crippen molar-refractivity contribution in [1.82, 2.24) is 19.8 Å². The Morgan fingerprint density at radius 1 is 1.31 bits per heavy atom. The summed E-state index contributed by atoms with van der Waals surface area (Å²) in [5, 5.41) is 15.6. The maximum absolute atomic E-state index is 10.6. The summed E-state index contributed by atoms with van der Waals surface area (Å²) in [6.45, 7) is 6.90. The van der Waals surface area contributed by atoms with Crippen LogP contribution < -0.4 is 0 Å². The third kappa shape index (κ3) is 6.55. The summed E-state index contributed by atoms with van der Waals surface area (Å²) in [5.74, 6) is -1.02. The highest BCUT2D eigenvalue weighted by Crippen LogP contribution is 2.32. The first-order valence-electron chi connectivity index (χ1n) is 10.6. The molecule has 4 rings (SSSR count). The van der Waals surface area contributed by atoms with Gasteiger partial charge in [0, 0.05) is 44.5 Å². The van der Waals surface area contributed by atoms with Crippen LogP contribution in [0.2, 0.25) is 0 Å². The maximum atomic E-state index is 10.6. The van der Waals surface area contributed by atoms with Crippen molar-refractivity contribution >= 4 is 5.97 Å². The molecule has 0 radical (unpaired) electrons. The Labute approximate surface area is 184 Å². The van der Waals surface area contributed by atoms with E-state index in [0.29, 0.717) is 12.1 Å². The second kappa shape index (κ2) is 10.0. The molecule has 32 heavy (non-hydrogen) atoms. The quantitative estimate of drug-likeness (QED) is 0.681. The van der Waals surface area contributed by atoms with Gasteiger partial charge in [0.05, 0.1) is 18.0 Å². The number of aliphatic carboxylic acids is 1. The van der Waals surface area contributed by atoms with Crippen LogP contribution in [0.1, 0.15) is 41.8 Å². The summed E-state index contributed by atoms with van der Waals surface area (Å²) >= 11 is 0. The zero-order valence-corrected chi connectivity index (χ0v) is 18.4. The smallest absolute Gasteiger partial charge is 0.475 e. The number of carboxylic acids is 1. The van der Waals surface area contributed by atoms with Crippen LogP contribution in [-0.2, 0) is 29.5 Å². The van der Waals surface area contributed by atoms with E-state index >= 15 is 0 Å². The molecule has 2 fully saturated rings. The lowest BCUT2D eigenvalue weighted by Crippen LogP contribution is -2.38. The van der Waals surface area contributed by atoms with Crippen LogP contribution in [0, 0.1) is 19.8 Å². The number of halogens is 3. The normalized spacial score (nSPS) is 21.4. The third-order valence-corrected chi connectivity index (χ3v) is 5.83.